The smallest absolute Gasteiger partial charge is 0.261 e. The molecule has 2 aromatic rings. The summed E-state index contributed by atoms with van der Waals surface area (Å²) in [6, 6.07) is 13.0. The molecule has 0 aliphatic carbocycles. The lowest BCUT2D eigenvalue weighted by Gasteiger charge is -2.29. The van der Waals surface area contributed by atoms with E-state index in [0.717, 1.165) is 27.6 Å². The Balaban J connectivity index is 2.16. The largest absolute Gasteiger partial charge is 0.484 e. The van der Waals surface area contributed by atoms with Crippen LogP contribution in [0.3, 0.4) is 0 Å². The Hall–Kier alpha value is -2.34. The van der Waals surface area contributed by atoms with Gasteiger partial charge in [-0.2, -0.15) is 0 Å². The van der Waals surface area contributed by atoms with Crippen LogP contribution in [0.2, 0.25) is 0 Å². The molecule has 0 bridgehead atoms. The third kappa shape index (κ3) is 6.87. The summed E-state index contributed by atoms with van der Waals surface area (Å²) in [5.74, 6) is 0.227. The average molecular weight is 475 g/mol. The Labute approximate surface area is 187 Å². The fourth-order valence-corrected chi connectivity index (χ4v) is 3.24. The Morgan fingerprint density at radius 3 is 2.50 bits per heavy atom. The predicted molar refractivity (Wildman–Crippen MR) is 123 cm³/mol. The lowest BCUT2D eigenvalue weighted by atomic mass is 10.1. The number of aryl methyl sites for hydroxylation is 2. The van der Waals surface area contributed by atoms with Gasteiger partial charge in [-0.05, 0) is 63.4 Å². The van der Waals surface area contributed by atoms with E-state index >= 15 is 0 Å². The van der Waals surface area contributed by atoms with Crippen molar-refractivity contribution in [2.75, 3.05) is 6.61 Å². The van der Waals surface area contributed by atoms with Gasteiger partial charge < -0.3 is 15.0 Å². The number of nitrogens with one attached hydrogen (secondary N) is 1. The quantitative estimate of drug-likeness (QED) is 0.568. The summed E-state index contributed by atoms with van der Waals surface area (Å²) in [6.45, 7) is 9.91. The van der Waals surface area contributed by atoms with Gasteiger partial charge in [-0.15, -0.1) is 0 Å². The molecule has 2 rings (SSSR count). The minimum absolute atomic E-state index is 0.0536. The van der Waals surface area contributed by atoms with Gasteiger partial charge >= 0.3 is 0 Å². The fraction of sp³-hybridized carbons (Fsp3) is 0.417. The summed E-state index contributed by atoms with van der Waals surface area (Å²) in [6.07, 6.45) is 0.830. The molecule has 162 valence electrons. The van der Waals surface area contributed by atoms with E-state index in [2.05, 4.69) is 21.2 Å². The highest BCUT2D eigenvalue weighted by molar-refractivity contribution is 9.10. The van der Waals surface area contributed by atoms with Gasteiger partial charge in [0, 0.05) is 17.1 Å². The van der Waals surface area contributed by atoms with E-state index in [9.17, 15) is 9.59 Å². The van der Waals surface area contributed by atoms with Crippen molar-refractivity contribution in [2.24, 2.45) is 0 Å². The molecule has 0 unspecified atom stereocenters. The van der Waals surface area contributed by atoms with Crippen molar-refractivity contribution in [2.45, 2.75) is 59.7 Å². The number of carbonyl (C=O) groups excluding carboxylic acids is 2. The number of benzene rings is 2. The summed E-state index contributed by atoms with van der Waals surface area (Å²) in [5, 5.41) is 2.97. The first-order chi connectivity index (χ1) is 14.2. The number of hydrogen-bond donors (Lipinski definition) is 1. The molecule has 6 heteroatoms. The number of nitrogens with zero attached hydrogens (tertiary/aromatic N) is 1. The zero-order valence-corrected chi connectivity index (χ0v) is 20.0. The Morgan fingerprint density at radius 1 is 1.13 bits per heavy atom. The average Bonchev–Trinajstić information content (AvgIpc) is 2.72. The zero-order valence-electron chi connectivity index (χ0n) is 18.4. The normalized spacial score (nSPS) is 12.7. The van der Waals surface area contributed by atoms with E-state index in [4.69, 9.17) is 4.74 Å². The van der Waals surface area contributed by atoms with Gasteiger partial charge in [0.15, 0.2) is 6.61 Å². The minimum Gasteiger partial charge on any atom is -0.484 e. The van der Waals surface area contributed by atoms with Crippen LogP contribution in [0.4, 0.5) is 0 Å². The van der Waals surface area contributed by atoms with E-state index in [1.165, 1.54) is 0 Å². The van der Waals surface area contributed by atoms with E-state index in [0.29, 0.717) is 12.3 Å². The Bertz CT molecular complexity index is 885. The molecule has 2 aromatic carbocycles. The van der Waals surface area contributed by atoms with Crippen LogP contribution in [0.1, 0.15) is 43.9 Å². The van der Waals surface area contributed by atoms with E-state index in [-0.39, 0.29) is 24.5 Å². The molecule has 2 atom stereocenters. The van der Waals surface area contributed by atoms with Crippen molar-refractivity contribution in [3.63, 3.8) is 0 Å². The van der Waals surface area contributed by atoms with Crippen LogP contribution in [0.5, 0.6) is 5.75 Å². The molecule has 5 nitrogen and oxygen atoms in total. The lowest BCUT2D eigenvalue weighted by Crippen LogP contribution is -2.50. The molecule has 0 radical (unpaired) electrons. The van der Waals surface area contributed by atoms with Crippen LogP contribution in [-0.4, -0.2) is 35.4 Å². The molecular weight excluding hydrogens is 444 g/mol. The number of halogens is 1. The van der Waals surface area contributed by atoms with Crippen LogP contribution in [0.15, 0.2) is 46.9 Å². The fourth-order valence-electron chi connectivity index (χ4n) is 2.99. The van der Waals surface area contributed by atoms with Crippen LogP contribution in [-0.2, 0) is 16.1 Å². The predicted octanol–water partition coefficient (Wildman–Crippen LogP) is 4.78. The maximum atomic E-state index is 13.1. The summed E-state index contributed by atoms with van der Waals surface area (Å²) < 4.78 is 6.72. The molecule has 30 heavy (non-hydrogen) atoms. The van der Waals surface area contributed by atoms with E-state index in [1.54, 1.807) is 11.8 Å². The van der Waals surface area contributed by atoms with E-state index in [1.807, 2.05) is 70.2 Å². The first-order valence-corrected chi connectivity index (χ1v) is 11.0. The highest BCUT2D eigenvalue weighted by Gasteiger charge is 2.27. The third-order valence-electron chi connectivity index (χ3n) is 5.10. The molecule has 2 amide bonds. The Kier molecular flexibility index (Phi) is 8.90. The van der Waals surface area contributed by atoms with Crippen molar-refractivity contribution in [1.29, 1.82) is 0 Å². The van der Waals surface area contributed by atoms with Crippen molar-refractivity contribution in [3.8, 4) is 5.75 Å². The number of rotatable bonds is 9. The number of hydrogen-bond acceptors (Lipinski definition) is 3. The summed E-state index contributed by atoms with van der Waals surface area (Å²) in [5.41, 5.74) is 3.11. The maximum Gasteiger partial charge on any atom is 0.261 e. The molecule has 0 fully saturated rings. The molecule has 0 spiro atoms. The standard InChI is InChI=1S/C24H31BrN2O3/c1-6-18(4)26-24(29)19(5)27(14-20-9-7-8-16(2)12-20)23(28)15-30-21-10-11-22(25)17(3)13-21/h7-13,18-19H,6,14-15H2,1-5H3,(H,26,29)/t18-,19+/m1/s1. The van der Waals surface area contributed by atoms with Crippen molar-refractivity contribution >= 4 is 27.7 Å². The second-order valence-electron chi connectivity index (χ2n) is 7.70. The third-order valence-corrected chi connectivity index (χ3v) is 5.99. The van der Waals surface area contributed by atoms with Crippen molar-refractivity contribution < 1.29 is 14.3 Å². The van der Waals surface area contributed by atoms with Crippen molar-refractivity contribution in [3.05, 3.63) is 63.6 Å². The van der Waals surface area contributed by atoms with Crippen LogP contribution in [0.25, 0.3) is 0 Å². The topological polar surface area (TPSA) is 58.6 Å². The molecule has 0 heterocycles. The van der Waals surface area contributed by atoms with Gasteiger partial charge in [0.1, 0.15) is 11.8 Å². The first kappa shape index (κ1) is 23.9. The van der Waals surface area contributed by atoms with Gasteiger partial charge in [0.25, 0.3) is 5.91 Å². The van der Waals surface area contributed by atoms with Gasteiger partial charge in [0.2, 0.25) is 5.91 Å². The number of amides is 2. The van der Waals surface area contributed by atoms with E-state index < -0.39 is 6.04 Å². The highest BCUT2D eigenvalue weighted by Crippen LogP contribution is 2.22. The Morgan fingerprint density at radius 2 is 1.87 bits per heavy atom. The lowest BCUT2D eigenvalue weighted by molar-refractivity contribution is -0.142. The van der Waals surface area contributed by atoms with Gasteiger partial charge in [-0.1, -0.05) is 52.7 Å². The van der Waals surface area contributed by atoms with Gasteiger partial charge in [-0.25, -0.2) is 0 Å². The molecule has 1 N–H and O–H groups in total. The molecule has 0 saturated carbocycles. The monoisotopic (exact) mass is 474 g/mol. The van der Waals surface area contributed by atoms with Crippen LogP contribution < -0.4 is 10.1 Å². The number of carbonyl (C=O) groups is 2. The van der Waals surface area contributed by atoms with Crippen molar-refractivity contribution in [1.82, 2.24) is 10.2 Å². The first-order valence-electron chi connectivity index (χ1n) is 10.3. The van der Waals surface area contributed by atoms with Crippen LogP contribution in [0, 0.1) is 13.8 Å². The van der Waals surface area contributed by atoms with Gasteiger partial charge in [0.05, 0.1) is 0 Å². The summed E-state index contributed by atoms with van der Waals surface area (Å²) in [4.78, 5) is 27.4. The molecule has 0 saturated heterocycles. The molecule has 0 aromatic heterocycles. The summed E-state index contributed by atoms with van der Waals surface area (Å²) in [7, 11) is 0. The maximum absolute atomic E-state index is 13.1. The zero-order chi connectivity index (χ0) is 22.3. The molecular formula is C24H31BrN2O3. The van der Waals surface area contributed by atoms with Gasteiger partial charge in [-0.3, -0.25) is 9.59 Å². The highest BCUT2D eigenvalue weighted by atomic mass is 79.9. The molecule has 0 aliphatic rings. The second kappa shape index (κ2) is 11.2. The molecule has 0 aliphatic heterocycles. The SMILES string of the molecule is CC[C@@H](C)NC(=O)[C@H](C)N(Cc1cccc(C)c1)C(=O)COc1ccc(Br)c(C)c1. The second-order valence-corrected chi connectivity index (χ2v) is 8.56. The minimum atomic E-state index is -0.609. The number of ether oxygens (including phenoxy) is 1. The summed E-state index contributed by atoms with van der Waals surface area (Å²) >= 11 is 3.46. The van der Waals surface area contributed by atoms with Crippen LogP contribution >= 0.6 is 15.9 Å².